The largest absolute Gasteiger partial charge is 0.356 e. The molecule has 1 aliphatic heterocycles. The smallest absolute Gasteiger partial charge is 0.138 e. The van der Waals surface area contributed by atoms with E-state index in [0.29, 0.717) is 0 Å². The van der Waals surface area contributed by atoms with Crippen molar-refractivity contribution in [2.45, 2.75) is 11.8 Å². The number of halogens is 1. The summed E-state index contributed by atoms with van der Waals surface area (Å²) in [4.78, 5) is 6.58. The summed E-state index contributed by atoms with van der Waals surface area (Å²) in [7, 11) is 0. The Balaban J connectivity index is 2.06. The lowest BCUT2D eigenvalue weighted by Crippen LogP contribution is -2.21. The zero-order chi connectivity index (χ0) is 10.3. The van der Waals surface area contributed by atoms with E-state index in [1.54, 1.807) is 0 Å². The van der Waals surface area contributed by atoms with Crippen LogP contribution in [-0.2, 0) is 0 Å². The maximum Gasteiger partial charge on any atom is 0.138 e. The Morgan fingerprint density at radius 3 is 3.13 bits per heavy atom. The molecule has 0 N–H and O–H groups in total. The fourth-order valence-electron chi connectivity index (χ4n) is 2.12. The molecule has 2 aromatic rings. The van der Waals surface area contributed by atoms with Gasteiger partial charge in [0, 0.05) is 25.5 Å². The van der Waals surface area contributed by atoms with E-state index < -0.39 is 0 Å². The van der Waals surface area contributed by atoms with Crippen LogP contribution in [0.3, 0.4) is 0 Å². The molecule has 3 heterocycles. The molecule has 4 heteroatoms. The molecule has 0 amide bonds. The Morgan fingerprint density at radius 1 is 1.40 bits per heavy atom. The average Bonchev–Trinajstić information content (AvgIpc) is 2.84. The Hall–Kier alpha value is -1.22. The van der Waals surface area contributed by atoms with Crippen molar-refractivity contribution in [2.24, 2.45) is 0 Å². The van der Waals surface area contributed by atoms with Gasteiger partial charge in [0.1, 0.15) is 11.5 Å². The molecule has 0 aliphatic carbocycles. The van der Waals surface area contributed by atoms with Gasteiger partial charge < -0.3 is 4.90 Å². The number of hydrogen-bond donors (Lipinski definition) is 0. The van der Waals surface area contributed by atoms with Gasteiger partial charge >= 0.3 is 0 Å². The second kappa shape index (κ2) is 3.42. The van der Waals surface area contributed by atoms with Gasteiger partial charge in [0.05, 0.1) is 5.38 Å². The van der Waals surface area contributed by atoms with Crippen LogP contribution in [0, 0.1) is 0 Å². The summed E-state index contributed by atoms with van der Waals surface area (Å²) in [6.45, 7) is 1.96. The highest BCUT2D eigenvalue weighted by molar-refractivity contribution is 6.21. The number of rotatable bonds is 1. The summed E-state index contributed by atoms with van der Waals surface area (Å²) in [5, 5.41) is 0.281. The lowest BCUT2D eigenvalue weighted by Gasteiger charge is -2.19. The maximum absolute atomic E-state index is 6.12. The summed E-state index contributed by atoms with van der Waals surface area (Å²) < 4.78 is 2.11. The van der Waals surface area contributed by atoms with Crippen LogP contribution in [0.25, 0.3) is 5.65 Å². The van der Waals surface area contributed by atoms with Gasteiger partial charge in [-0.15, -0.1) is 11.6 Å². The monoisotopic (exact) mass is 221 g/mol. The Kier molecular flexibility index (Phi) is 2.06. The first kappa shape index (κ1) is 9.04. The predicted octanol–water partition coefficient (Wildman–Crippen LogP) is 2.15. The third kappa shape index (κ3) is 1.47. The minimum Gasteiger partial charge on any atom is -0.356 e. The fourth-order valence-corrected chi connectivity index (χ4v) is 2.38. The first-order chi connectivity index (χ1) is 7.34. The summed E-state index contributed by atoms with van der Waals surface area (Å²) in [6.07, 6.45) is 4.88. The number of imidazole rings is 1. The van der Waals surface area contributed by atoms with Crippen LogP contribution in [0.5, 0.6) is 0 Å². The topological polar surface area (TPSA) is 20.5 Å². The predicted molar refractivity (Wildman–Crippen MR) is 61.7 cm³/mol. The normalized spacial score (nSPS) is 21.4. The second-order valence-corrected chi connectivity index (χ2v) is 4.49. The minimum atomic E-state index is 0.281. The SMILES string of the molecule is ClC1CCN(c2cccc3nccn23)C1. The van der Waals surface area contributed by atoms with E-state index in [4.69, 9.17) is 11.6 Å². The molecule has 0 bridgehead atoms. The molecule has 78 valence electrons. The minimum absolute atomic E-state index is 0.281. The van der Waals surface area contributed by atoms with E-state index in [-0.39, 0.29) is 5.38 Å². The number of pyridine rings is 1. The Morgan fingerprint density at radius 2 is 2.33 bits per heavy atom. The van der Waals surface area contributed by atoms with Gasteiger partial charge in [-0.2, -0.15) is 0 Å². The summed E-state index contributed by atoms with van der Waals surface area (Å²) in [6, 6.07) is 6.17. The molecular formula is C11H12ClN3. The highest BCUT2D eigenvalue weighted by atomic mass is 35.5. The molecule has 15 heavy (non-hydrogen) atoms. The first-order valence-corrected chi connectivity index (χ1v) is 5.59. The average molecular weight is 222 g/mol. The number of hydrogen-bond acceptors (Lipinski definition) is 2. The summed E-state index contributed by atoms with van der Waals surface area (Å²) >= 11 is 6.12. The molecular weight excluding hydrogens is 210 g/mol. The van der Waals surface area contributed by atoms with Gasteiger partial charge in [0.15, 0.2) is 0 Å². The summed E-state index contributed by atoms with van der Waals surface area (Å²) in [5.74, 6) is 1.19. The third-order valence-electron chi connectivity index (χ3n) is 2.86. The third-order valence-corrected chi connectivity index (χ3v) is 3.22. The number of anilines is 1. The van der Waals surface area contributed by atoms with Crippen molar-refractivity contribution in [3.8, 4) is 0 Å². The Bertz CT molecular complexity index is 479. The lowest BCUT2D eigenvalue weighted by atomic mass is 10.4. The van der Waals surface area contributed by atoms with Crippen LogP contribution in [-0.4, -0.2) is 27.9 Å². The molecule has 3 nitrogen and oxygen atoms in total. The van der Waals surface area contributed by atoms with Gasteiger partial charge in [-0.1, -0.05) is 6.07 Å². The molecule has 2 aromatic heterocycles. The van der Waals surface area contributed by atoms with Crippen molar-refractivity contribution in [1.82, 2.24) is 9.38 Å². The number of nitrogens with zero attached hydrogens (tertiary/aromatic N) is 3. The van der Waals surface area contributed by atoms with Crippen molar-refractivity contribution < 1.29 is 0 Å². The molecule has 1 atom stereocenters. The highest BCUT2D eigenvalue weighted by Gasteiger charge is 2.21. The molecule has 0 saturated carbocycles. The molecule has 0 radical (unpaired) electrons. The molecule has 1 fully saturated rings. The van der Waals surface area contributed by atoms with E-state index in [9.17, 15) is 0 Å². The van der Waals surface area contributed by atoms with Crippen molar-refractivity contribution in [3.63, 3.8) is 0 Å². The molecule has 0 spiro atoms. The second-order valence-electron chi connectivity index (χ2n) is 3.87. The van der Waals surface area contributed by atoms with Crippen LogP contribution in [0.1, 0.15) is 6.42 Å². The van der Waals surface area contributed by atoms with Crippen molar-refractivity contribution in [3.05, 3.63) is 30.6 Å². The van der Waals surface area contributed by atoms with Crippen molar-refractivity contribution in [2.75, 3.05) is 18.0 Å². The number of alkyl halides is 1. The zero-order valence-electron chi connectivity index (χ0n) is 8.31. The summed E-state index contributed by atoms with van der Waals surface area (Å²) in [5.41, 5.74) is 0.991. The van der Waals surface area contributed by atoms with Crippen molar-refractivity contribution >= 4 is 23.1 Å². The van der Waals surface area contributed by atoms with Crippen LogP contribution in [0.4, 0.5) is 5.82 Å². The van der Waals surface area contributed by atoms with Gasteiger partial charge in [-0.3, -0.25) is 4.40 Å². The number of fused-ring (bicyclic) bond motifs is 1. The van der Waals surface area contributed by atoms with Crippen molar-refractivity contribution in [1.29, 1.82) is 0 Å². The lowest BCUT2D eigenvalue weighted by molar-refractivity contribution is 0.919. The van der Waals surface area contributed by atoms with Crippen LogP contribution in [0.15, 0.2) is 30.6 Å². The fraction of sp³-hybridized carbons (Fsp3) is 0.364. The first-order valence-electron chi connectivity index (χ1n) is 5.16. The molecule has 0 aromatic carbocycles. The molecule has 3 rings (SSSR count). The van der Waals surface area contributed by atoms with E-state index >= 15 is 0 Å². The van der Waals surface area contributed by atoms with Gasteiger partial charge in [-0.25, -0.2) is 4.98 Å². The van der Waals surface area contributed by atoms with Crippen LogP contribution in [0.2, 0.25) is 0 Å². The van der Waals surface area contributed by atoms with Gasteiger partial charge in [0.25, 0.3) is 0 Å². The van der Waals surface area contributed by atoms with Gasteiger partial charge in [0.2, 0.25) is 0 Å². The van der Waals surface area contributed by atoms with Gasteiger partial charge in [-0.05, 0) is 18.6 Å². The zero-order valence-corrected chi connectivity index (χ0v) is 9.06. The van der Waals surface area contributed by atoms with E-state index in [1.807, 2.05) is 24.5 Å². The van der Waals surface area contributed by atoms with Crippen LogP contribution >= 0.6 is 11.6 Å². The highest BCUT2D eigenvalue weighted by Crippen LogP contribution is 2.23. The molecule has 1 saturated heterocycles. The molecule has 1 aliphatic rings. The number of aromatic nitrogens is 2. The van der Waals surface area contributed by atoms with E-state index in [1.165, 1.54) is 5.82 Å². The maximum atomic E-state index is 6.12. The van der Waals surface area contributed by atoms with E-state index in [2.05, 4.69) is 20.4 Å². The Labute approximate surface area is 93.3 Å². The van der Waals surface area contributed by atoms with E-state index in [0.717, 1.165) is 25.2 Å². The standard InChI is InChI=1S/C11H12ClN3/c12-9-4-6-14(8-9)11-3-1-2-10-13-5-7-15(10)11/h1-3,5,7,9H,4,6,8H2. The molecule has 1 unspecified atom stereocenters. The quantitative estimate of drug-likeness (QED) is 0.688. The van der Waals surface area contributed by atoms with Crippen LogP contribution < -0.4 is 4.90 Å².